The zero-order valence-electron chi connectivity index (χ0n) is 10.1. The first kappa shape index (κ1) is 13.2. The molecule has 0 amide bonds. The molecule has 1 aromatic heterocycles. The smallest absolute Gasteiger partial charge is 0.231 e. The van der Waals surface area contributed by atoms with Gasteiger partial charge in [-0.1, -0.05) is 6.08 Å². The number of hydrogen-bond acceptors (Lipinski definition) is 4. The van der Waals surface area contributed by atoms with E-state index in [2.05, 4.69) is 17.6 Å². The molecule has 0 radical (unpaired) electrons. The normalized spacial score (nSPS) is 11.6. The summed E-state index contributed by atoms with van der Waals surface area (Å²) in [6, 6.07) is 3.93. The third kappa shape index (κ3) is 3.30. The largest absolute Gasteiger partial charge is 0.480 e. The van der Waals surface area contributed by atoms with Crippen molar-refractivity contribution in [3.8, 4) is 11.9 Å². The van der Waals surface area contributed by atoms with Crippen molar-refractivity contribution in [3.63, 3.8) is 0 Å². The molecule has 0 aliphatic carbocycles. The minimum absolute atomic E-state index is 0.343. The Bertz CT molecular complexity index is 449. The van der Waals surface area contributed by atoms with Crippen molar-refractivity contribution in [1.82, 2.24) is 4.98 Å². The van der Waals surface area contributed by atoms with E-state index in [9.17, 15) is 5.11 Å². The number of ether oxygens (including phenoxy) is 1. The number of aryl methyl sites for hydroxylation is 2. The fourth-order valence-corrected chi connectivity index (χ4v) is 1.60. The summed E-state index contributed by atoms with van der Waals surface area (Å²) in [4.78, 5) is 4.14. The van der Waals surface area contributed by atoms with Crippen molar-refractivity contribution in [2.45, 2.75) is 25.9 Å². The van der Waals surface area contributed by atoms with Crippen molar-refractivity contribution in [2.24, 2.45) is 0 Å². The van der Waals surface area contributed by atoms with Crippen LogP contribution in [0.3, 0.4) is 0 Å². The molecule has 0 aliphatic rings. The molecule has 1 rings (SSSR count). The summed E-state index contributed by atoms with van der Waals surface area (Å²) in [5.74, 6) is 0.343. The average molecular weight is 232 g/mol. The van der Waals surface area contributed by atoms with Gasteiger partial charge >= 0.3 is 0 Å². The number of aliphatic hydroxyl groups excluding tert-OH is 1. The molecular weight excluding hydrogens is 216 g/mol. The summed E-state index contributed by atoms with van der Waals surface area (Å²) in [5, 5.41) is 18.5. The quantitative estimate of drug-likeness (QED) is 0.785. The van der Waals surface area contributed by atoms with E-state index in [1.54, 1.807) is 0 Å². The molecule has 1 atom stereocenters. The van der Waals surface area contributed by atoms with Gasteiger partial charge in [0.15, 0.2) is 0 Å². The number of aromatic nitrogens is 1. The number of hydrogen-bond donors (Lipinski definition) is 1. The highest BCUT2D eigenvalue weighted by Crippen LogP contribution is 2.21. The van der Waals surface area contributed by atoms with Gasteiger partial charge in [-0.05, 0) is 31.4 Å². The van der Waals surface area contributed by atoms with Crippen LogP contribution in [0.5, 0.6) is 5.88 Å². The lowest BCUT2D eigenvalue weighted by molar-refractivity contribution is 0.213. The van der Waals surface area contributed by atoms with E-state index in [1.165, 1.54) is 13.2 Å². The minimum atomic E-state index is -0.555. The van der Waals surface area contributed by atoms with Gasteiger partial charge in [0, 0.05) is 5.69 Å². The molecule has 1 N–H and O–H groups in total. The van der Waals surface area contributed by atoms with E-state index < -0.39 is 6.10 Å². The maximum Gasteiger partial charge on any atom is 0.231 e. The van der Waals surface area contributed by atoms with Crippen LogP contribution >= 0.6 is 0 Å². The molecule has 0 aliphatic heterocycles. The molecule has 0 spiro atoms. The Hall–Kier alpha value is -1.86. The predicted molar refractivity (Wildman–Crippen MR) is 64.8 cm³/mol. The van der Waals surface area contributed by atoms with Crippen LogP contribution in [0, 0.1) is 18.3 Å². The highest BCUT2D eigenvalue weighted by molar-refractivity contribution is 5.46. The Morgan fingerprint density at radius 1 is 1.71 bits per heavy atom. The fourth-order valence-electron chi connectivity index (χ4n) is 1.60. The Morgan fingerprint density at radius 2 is 2.41 bits per heavy atom. The van der Waals surface area contributed by atoms with E-state index in [1.807, 2.05) is 13.0 Å². The lowest BCUT2D eigenvalue weighted by atomic mass is 10.0. The SMILES string of the molecule is C=CC(O)CCc1cc(C)nc(OC)c1C#N. The van der Waals surface area contributed by atoms with Crippen LogP contribution in [-0.2, 0) is 6.42 Å². The summed E-state index contributed by atoms with van der Waals surface area (Å²) in [7, 11) is 1.49. The van der Waals surface area contributed by atoms with E-state index in [0.717, 1.165) is 11.3 Å². The number of methoxy groups -OCH3 is 1. The van der Waals surface area contributed by atoms with E-state index in [4.69, 9.17) is 10.00 Å². The number of nitrogens with zero attached hydrogens (tertiary/aromatic N) is 2. The van der Waals surface area contributed by atoms with Crippen molar-refractivity contribution in [1.29, 1.82) is 5.26 Å². The standard InChI is InChI=1S/C13H16N2O2/c1-4-11(16)6-5-10-7-9(2)15-13(17-3)12(10)8-14/h4,7,11,16H,1,5-6H2,2-3H3. The van der Waals surface area contributed by atoms with Crippen LogP contribution in [-0.4, -0.2) is 23.3 Å². The zero-order valence-corrected chi connectivity index (χ0v) is 10.1. The Kier molecular flexibility index (Phi) is 4.68. The van der Waals surface area contributed by atoms with Crippen LogP contribution in [0.2, 0.25) is 0 Å². The van der Waals surface area contributed by atoms with Crippen molar-refractivity contribution >= 4 is 0 Å². The summed E-state index contributed by atoms with van der Waals surface area (Å²) in [5.41, 5.74) is 2.08. The van der Waals surface area contributed by atoms with Gasteiger partial charge in [0.05, 0.1) is 13.2 Å². The van der Waals surface area contributed by atoms with E-state index in [0.29, 0.717) is 24.3 Å². The molecule has 4 nitrogen and oxygen atoms in total. The molecule has 0 saturated carbocycles. The Labute approximate surface area is 101 Å². The second kappa shape index (κ2) is 6.02. The molecule has 17 heavy (non-hydrogen) atoms. The van der Waals surface area contributed by atoms with Gasteiger partial charge in [0.25, 0.3) is 0 Å². The maximum atomic E-state index is 9.43. The number of pyridine rings is 1. The molecular formula is C13H16N2O2. The van der Waals surface area contributed by atoms with Crippen LogP contribution in [0.1, 0.15) is 23.2 Å². The first-order valence-electron chi connectivity index (χ1n) is 5.37. The second-order valence-electron chi connectivity index (χ2n) is 3.76. The maximum absolute atomic E-state index is 9.43. The number of rotatable bonds is 5. The summed E-state index contributed by atoms with van der Waals surface area (Å²) in [6.45, 7) is 5.36. The van der Waals surface area contributed by atoms with Crippen LogP contribution in [0.15, 0.2) is 18.7 Å². The molecule has 0 aromatic carbocycles. The van der Waals surface area contributed by atoms with Gasteiger partial charge in [-0.25, -0.2) is 4.98 Å². The van der Waals surface area contributed by atoms with Gasteiger partial charge in [-0.2, -0.15) is 5.26 Å². The van der Waals surface area contributed by atoms with Crippen molar-refractivity contribution in [3.05, 3.63) is 35.5 Å². The van der Waals surface area contributed by atoms with E-state index >= 15 is 0 Å². The summed E-state index contributed by atoms with van der Waals surface area (Å²) in [6.07, 6.45) is 2.05. The predicted octanol–water partition coefficient (Wildman–Crippen LogP) is 1.75. The monoisotopic (exact) mass is 232 g/mol. The highest BCUT2D eigenvalue weighted by atomic mass is 16.5. The lowest BCUT2D eigenvalue weighted by Gasteiger charge is -2.10. The van der Waals surface area contributed by atoms with Crippen LogP contribution < -0.4 is 4.74 Å². The summed E-state index contributed by atoms with van der Waals surface area (Å²) < 4.78 is 5.07. The molecule has 0 bridgehead atoms. The highest BCUT2D eigenvalue weighted by Gasteiger charge is 2.12. The molecule has 1 unspecified atom stereocenters. The fraction of sp³-hybridized carbons (Fsp3) is 0.385. The van der Waals surface area contributed by atoms with Crippen molar-refractivity contribution < 1.29 is 9.84 Å². The molecule has 90 valence electrons. The van der Waals surface area contributed by atoms with Gasteiger partial charge < -0.3 is 9.84 Å². The molecule has 1 heterocycles. The molecule has 4 heteroatoms. The number of aliphatic hydroxyl groups is 1. The molecule has 0 fully saturated rings. The first-order valence-corrected chi connectivity index (χ1v) is 5.37. The Balaban J connectivity index is 3.01. The van der Waals surface area contributed by atoms with Gasteiger partial charge in [0.1, 0.15) is 11.6 Å². The van der Waals surface area contributed by atoms with E-state index in [-0.39, 0.29) is 0 Å². The van der Waals surface area contributed by atoms with Gasteiger partial charge in [-0.15, -0.1) is 6.58 Å². The van der Waals surface area contributed by atoms with Crippen LogP contribution in [0.4, 0.5) is 0 Å². The lowest BCUT2D eigenvalue weighted by Crippen LogP contribution is -2.06. The Morgan fingerprint density at radius 3 is 2.94 bits per heavy atom. The minimum Gasteiger partial charge on any atom is -0.480 e. The third-order valence-corrected chi connectivity index (χ3v) is 2.48. The average Bonchev–Trinajstić information content (AvgIpc) is 2.34. The third-order valence-electron chi connectivity index (χ3n) is 2.48. The van der Waals surface area contributed by atoms with Gasteiger partial charge in [0.2, 0.25) is 5.88 Å². The number of nitriles is 1. The topological polar surface area (TPSA) is 66.1 Å². The van der Waals surface area contributed by atoms with Crippen LogP contribution in [0.25, 0.3) is 0 Å². The zero-order chi connectivity index (χ0) is 12.8. The molecule has 0 saturated heterocycles. The van der Waals surface area contributed by atoms with Gasteiger partial charge in [-0.3, -0.25) is 0 Å². The second-order valence-corrected chi connectivity index (χ2v) is 3.76. The van der Waals surface area contributed by atoms with Crippen molar-refractivity contribution in [2.75, 3.05) is 7.11 Å². The molecule has 1 aromatic rings. The first-order chi connectivity index (χ1) is 8.12. The summed E-state index contributed by atoms with van der Waals surface area (Å²) >= 11 is 0.